The summed E-state index contributed by atoms with van der Waals surface area (Å²) in [4.78, 5) is 17.2. The number of nitrogens with one attached hydrogen (secondary N) is 2. The molecule has 12 heteroatoms. The van der Waals surface area contributed by atoms with Crippen molar-refractivity contribution in [3.63, 3.8) is 0 Å². The second-order valence-electron chi connectivity index (χ2n) is 10.4. The Morgan fingerprint density at radius 3 is 2.47 bits per heavy atom. The highest BCUT2D eigenvalue weighted by Gasteiger charge is 2.50. The van der Waals surface area contributed by atoms with Gasteiger partial charge in [0.05, 0.1) is 21.3 Å². The summed E-state index contributed by atoms with van der Waals surface area (Å²) in [5.74, 6) is -3.23. The van der Waals surface area contributed by atoms with Gasteiger partial charge in [-0.05, 0) is 57.7 Å². The van der Waals surface area contributed by atoms with Gasteiger partial charge in [0.2, 0.25) is 21.9 Å². The minimum absolute atomic E-state index is 0.0170. The zero-order valence-corrected chi connectivity index (χ0v) is 23.3. The summed E-state index contributed by atoms with van der Waals surface area (Å²) in [7, 11) is -2.43. The van der Waals surface area contributed by atoms with Gasteiger partial charge in [-0.1, -0.05) is 35.7 Å². The summed E-state index contributed by atoms with van der Waals surface area (Å²) in [6, 6.07) is 4.30. The quantitative estimate of drug-likeness (QED) is 0.408. The lowest BCUT2D eigenvalue weighted by Crippen LogP contribution is -2.54. The topological polar surface area (TPSA) is 90.9 Å². The van der Waals surface area contributed by atoms with E-state index >= 15 is 0 Å². The third-order valence-corrected chi connectivity index (χ3v) is 9.64. The Labute approximate surface area is 222 Å². The number of hydrogen-bond donors (Lipinski definition) is 2. The molecule has 1 heterocycles. The number of aliphatic imine (C=N–C) groups is 1. The Bertz CT molecular complexity index is 1120. The van der Waals surface area contributed by atoms with Crippen molar-refractivity contribution in [2.45, 2.75) is 76.9 Å². The van der Waals surface area contributed by atoms with Crippen LogP contribution in [0.2, 0.25) is 10.0 Å². The van der Waals surface area contributed by atoms with Crippen LogP contribution in [0.5, 0.6) is 0 Å². The van der Waals surface area contributed by atoms with E-state index in [0.717, 1.165) is 19.3 Å². The Morgan fingerprint density at radius 2 is 1.94 bits per heavy atom. The molecule has 1 atom stereocenters. The highest BCUT2D eigenvalue weighted by Crippen LogP contribution is 2.47. The van der Waals surface area contributed by atoms with Crippen LogP contribution in [0.4, 0.5) is 8.78 Å². The molecule has 1 aliphatic carbocycles. The zero-order chi connectivity index (χ0) is 26.9. The summed E-state index contributed by atoms with van der Waals surface area (Å²) in [6.07, 6.45) is 2.21. The van der Waals surface area contributed by atoms with Gasteiger partial charge in [0, 0.05) is 32.0 Å². The van der Waals surface area contributed by atoms with Crippen molar-refractivity contribution in [1.82, 2.24) is 14.9 Å². The van der Waals surface area contributed by atoms with Crippen molar-refractivity contribution in [2.75, 3.05) is 19.3 Å². The van der Waals surface area contributed by atoms with Gasteiger partial charge < -0.3 is 10.6 Å². The molecule has 3 rings (SSSR count). The van der Waals surface area contributed by atoms with Crippen molar-refractivity contribution in [1.29, 1.82) is 0 Å². The molecule has 0 aromatic heterocycles. The van der Waals surface area contributed by atoms with Crippen molar-refractivity contribution in [3.8, 4) is 0 Å². The van der Waals surface area contributed by atoms with Gasteiger partial charge in [0.25, 0.3) is 0 Å². The lowest BCUT2D eigenvalue weighted by Gasteiger charge is -2.43. The molecule has 0 unspecified atom stereocenters. The number of alkyl halides is 2. The van der Waals surface area contributed by atoms with Crippen LogP contribution in [-0.4, -0.2) is 61.3 Å². The molecular formula is C24H34Cl2F2N4O3S. The van der Waals surface area contributed by atoms with Crippen LogP contribution in [-0.2, 0) is 21.4 Å². The van der Waals surface area contributed by atoms with E-state index in [1.54, 1.807) is 25.2 Å². The smallest absolute Gasteiger partial charge is 0.246 e. The van der Waals surface area contributed by atoms with Crippen molar-refractivity contribution in [3.05, 3.63) is 33.8 Å². The van der Waals surface area contributed by atoms with Crippen LogP contribution in [0.1, 0.15) is 58.4 Å². The summed E-state index contributed by atoms with van der Waals surface area (Å²) in [6.45, 7) is 4.57. The van der Waals surface area contributed by atoms with Gasteiger partial charge in [0.1, 0.15) is 11.9 Å². The average Bonchev–Trinajstić information content (AvgIpc) is 3.07. The van der Waals surface area contributed by atoms with Gasteiger partial charge in [-0.2, -0.15) is 4.31 Å². The Morgan fingerprint density at radius 1 is 1.28 bits per heavy atom. The van der Waals surface area contributed by atoms with E-state index in [-0.39, 0.29) is 24.0 Å². The average molecular weight is 568 g/mol. The highest BCUT2D eigenvalue weighted by atomic mass is 35.5. The number of carbonyl (C=O) groups excluding carboxylic acids is 1. The van der Waals surface area contributed by atoms with Crippen molar-refractivity contribution < 1.29 is 22.0 Å². The predicted molar refractivity (Wildman–Crippen MR) is 139 cm³/mol. The van der Waals surface area contributed by atoms with Gasteiger partial charge in [-0.25, -0.2) is 17.2 Å². The molecule has 1 aliphatic heterocycles. The third-order valence-electron chi connectivity index (χ3n) is 7.08. The van der Waals surface area contributed by atoms with Gasteiger partial charge in [-0.15, -0.1) is 0 Å². The Kier molecular flexibility index (Phi) is 8.65. The minimum atomic E-state index is -4.00. The molecule has 202 valence electrons. The Hall–Kier alpha value is -1.49. The molecule has 7 nitrogen and oxygen atoms in total. The first-order valence-electron chi connectivity index (χ1n) is 12.0. The highest BCUT2D eigenvalue weighted by molar-refractivity contribution is 7.89. The fourth-order valence-electron chi connectivity index (χ4n) is 4.64. The Balaban J connectivity index is 1.83. The van der Waals surface area contributed by atoms with Crippen LogP contribution in [0.25, 0.3) is 0 Å². The van der Waals surface area contributed by atoms with Crippen molar-refractivity contribution in [2.24, 2.45) is 10.4 Å². The van der Waals surface area contributed by atoms with E-state index in [4.69, 9.17) is 28.2 Å². The first-order chi connectivity index (χ1) is 16.6. The molecule has 0 bridgehead atoms. The minimum Gasteiger partial charge on any atom is -0.360 e. The monoisotopic (exact) mass is 566 g/mol. The summed E-state index contributed by atoms with van der Waals surface area (Å²) in [5, 5.41) is 6.57. The van der Waals surface area contributed by atoms with Crippen molar-refractivity contribution >= 4 is 45.0 Å². The molecule has 1 aromatic rings. The first-order valence-corrected chi connectivity index (χ1v) is 14.3. The third kappa shape index (κ3) is 6.68. The van der Waals surface area contributed by atoms with Gasteiger partial charge in [0.15, 0.2) is 0 Å². The first kappa shape index (κ1) is 29.1. The largest absolute Gasteiger partial charge is 0.360 e. The van der Waals surface area contributed by atoms with E-state index in [0.29, 0.717) is 29.8 Å². The maximum Gasteiger partial charge on any atom is 0.246 e. The maximum absolute atomic E-state index is 13.5. The normalized spacial score (nSPS) is 21.0. The van der Waals surface area contributed by atoms with E-state index in [1.807, 2.05) is 13.8 Å². The van der Waals surface area contributed by atoms with E-state index in [9.17, 15) is 22.0 Å². The SMILES string of the molecule is CNC(=O)[C@@H]1NC(C2(CCN(Cc3ccc(Cl)c(Cl)c3)S(=O)(=O)CCC(C)(F)F)CCC2)=NC1(C)C. The van der Waals surface area contributed by atoms with Gasteiger partial charge in [-0.3, -0.25) is 9.79 Å². The molecule has 1 amide bonds. The fraction of sp³-hybridized carbons (Fsp3) is 0.667. The van der Waals surface area contributed by atoms with Crippen LogP contribution in [0.3, 0.4) is 0 Å². The molecule has 0 saturated heterocycles. The second-order valence-corrected chi connectivity index (χ2v) is 13.3. The molecule has 36 heavy (non-hydrogen) atoms. The molecule has 0 radical (unpaired) electrons. The number of likely N-dealkylation sites (N-methyl/N-ethyl adjacent to an activating group) is 1. The van der Waals surface area contributed by atoms with Crippen LogP contribution in [0.15, 0.2) is 23.2 Å². The maximum atomic E-state index is 13.5. The van der Waals surface area contributed by atoms with E-state index in [2.05, 4.69) is 10.6 Å². The predicted octanol–water partition coefficient (Wildman–Crippen LogP) is 4.63. The molecule has 2 N–H and O–H groups in total. The second kappa shape index (κ2) is 10.7. The summed E-state index contributed by atoms with van der Waals surface area (Å²) in [5.41, 5.74) is -0.451. The number of amides is 1. The molecule has 1 aromatic carbocycles. The molecule has 1 saturated carbocycles. The standard InChI is InChI=1S/C24H34Cl2F2N4O3S/c1-22(2)19(20(33)29-4)30-21(31-22)24(8-5-9-24)10-12-32(36(34,35)13-11-23(3,27)28)15-16-6-7-17(25)18(26)14-16/h6-7,14,19H,5,8-13,15H2,1-4H3,(H,29,33)(H,30,31)/t19-/m0/s1. The number of rotatable bonds is 11. The lowest BCUT2D eigenvalue weighted by atomic mass is 9.65. The molecular weight excluding hydrogens is 533 g/mol. The fourth-order valence-corrected chi connectivity index (χ4v) is 6.55. The van der Waals surface area contributed by atoms with Crippen LogP contribution in [0, 0.1) is 5.41 Å². The number of amidine groups is 1. The number of nitrogens with zero attached hydrogens (tertiary/aromatic N) is 2. The number of halogens is 4. The molecule has 1 fully saturated rings. The molecule has 2 aliphatic rings. The number of hydrogen-bond acceptors (Lipinski definition) is 5. The molecule has 0 spiro atoms. The number of benzene rings is 1. The number of sulfonamides is 1. The van der Waals surface area contributed by atoms with Crippen LogP contribution >= 0.6 is 23.2 Å². The summed E-state index contributed by atoms with van der Waals surface area (Å²) < 4.78 is 54.7. The summed E-state index contributed by atoms with van der Waals surface area (Å²) >= 11 is 12.1. The van der Waals surface area contributed by atoms with Gasteiger partial charge >= 0.3 is 0 Å². The number of carbonyl (C=O) groups is 1. The zero-order valence-electron chi connectivity index (χ0n) is 21.0. The van der Waals surface area contributed by atoms with E-state index < -0.39 is 45.1 Å². The lowest BCUT2D eigenvalue weighted by molar-refractivity contribution is -0.123. The van der Waals surface area contributed by atoms with Crippen LogP contribution < -0.4 is 10.6 Å². The van der Waals surface area contributed by atoms with E-state index in [1.165, 1.54) is 4.31 Å².